The van der Waals surface area contributed by atoms with Crippen LogP contribution in [0.4, 0.5) is 18.9 Å². The van der Waals surface area contributed by atoms with Crippen molar-refractivity contribution in [2.24, 2.45) is 0 Å². The molecule has 116 valence electrons. The first kappa shape index (κ1) is 15.4. The van der Waals surface area contributed by atoms with Gasteiger partial charge in [0, 0.05) is 13.1 Å². The van der Waals surface area contributed by atoms with Gasteiger partial charge in [-0.3, -0.25) is 4.79 Å². The van der Waals surface area contributed by atoms with Crippen molar-refractivity contribution in [1.29, 1.82) is 0 Å². The minimum absolute atomic E-state index is 0.0598. The van der Waals surface area contributed by atoms with Gasteiger partial charge in [0.2, 0.25) is 0 Å². The van der Waals surface area contributed by atoms with Gasteiger partial charge in [0.25, 0.3) is 5.91 Å². The van der Waals surface area contributed by atoms with Gasteiger partial charge >= 0.3 is 6.18 Å². The van der Waals surface area contributed by atoms with E-state index < -0.39 is 11.7 Å². The van der Waals surface area contributed by atoms with Crippen molar-refractivity contribution >= 4 is 11.6 Å². The quantitative estimate of drug-likeness (QED) is 0.860. The smallest absolute Gasteiger partial charge is 0.416 e. The summed E-state index contributed by atoms with van der Waals surface area (Å²) in [4.78, 5) is 13.4. The van der Waals surface area contributed by atoms with Crippen molar-refractivity contribution in [1.82, 2.24) is 4.90 Å². The molecule has 1 aromatic rings. The van der Waals surface area contributed by atoms with E-state index in [2.05, 4.69) is 0 Å². The highest BCUT2D eigenvalue weighted by molar-refractivity contribution is 5.78. The molecule has 0 unspecified atom stereocenters. The number of nitrogen functional groups attached to an aromatic ring is 1. The second kappa shape index (κ2) is 6.21. The number of nitrogens with two attached hydrogens (primary N) is 1. The number of morpholine rings is 1. The SMILES string of the molecule is Nc1cc(C(F)(F)F)ccc1OCC(=O)N1CCOCC1. The van der Waals surface area contributed by atoms with Crippen LogP contribution < -0.4 is 10.5 Å². The Morgan fingerprint density at radius 3 is 2.57 bits per heavy atom. The molecule has 21 heavy (non-hydrogen) atoms. The molecule has 0 spiro atoms. The van der Waals surface area contributed by atoms with Crippen LogP contribution in [0.3, 0.4) is 0 Å². The van der Waals surface area contributed by atoms with Gasteiger partial charge in [0.05, 0.1) is 24.5 Å². The first-order chi connectivity index (χ1) is 9.88. The molecule has 1 aromatic carbocycles. The third kappa shape index (κ3) is 4.01. The number of hydrogen-bond acceptors (Lipinski definition) is 4. The van der Waals surface area contributed by atoms with Gasteiger partial charge in [0.15, 0.2) is 6.61 Å². The molecule has 1 saturated heterocycles. The number of alkyl halides is 3. The van der Waals surface area contributed by atoms with Gasteiger partial charge in [-0.1, -0.05) is 0 Å². The molecule has 0 atom stereocenters. The predicted molar refractivity (Wildman–Crippen MR) is 68.8 cm³/mol. The van der Waals surface area contributed by atoms with Crippen molar-refractivity contribution in [2.45, 2.75) is 6.18 Å². The molecule has 8 heteroatoms. The number of benzene rings is 1. The van der Waals surface area contributed by atoms with Gasteiger partial charge in [0.1, 0.15) is 5.75 Å². The number of carbonyl (C=O) groups excluding carboxylic acids is 1. The molecule has 2 rings (SSSR count). The number of halogens is 3. The van der Waals surface area contributed by atoms with Crippen LogP contribution in [0, 0.1) is 0 Å². The largest absolute Gasteiger partial charge is 0.482 e. The molecular weight excluding hydrogens is 289 g/mol. The molecule has 5 nitrogen and oxygen atoms in total. The Hall–Kier alpha value is -1.96. The lowest BCUT2D eigenvalue weighted by atomic mass is 10.2. The highest BCUT2D eigenvalue weighted by Crippen LogP contribution is 2.33. The molecule has 0 bridgehead atoms. The number of nitrogens with zero attached hydrogens (tertiary/aromatic N) is 1. The van der Waals surface area contributed by atoms with Gasteiger partial charge < -0.3 is 20.1 Å². The Balaban J connectivity index is 1.95. The number of rotatable bonds is 3. The highest BCUT2D eigenvalue weighted by Gasteiger charge is 2.31. The zero-order valence-electron chi connectivity index (χ0n) is 11.2. The number of amides is 1. The Labute approximate surface area is 119 Å². The lowest BCUT2D eigenvalue weighted by Crippen LogP contribution is -2.43. The van der Waals surface area contributed by atoms with E-state index in [0.717, 1.165) is 18.2 Å². The van der Waals surface area contributed by atoms with Crippen LogP contribution in [-0.2, 0) is 15.7 Å². The van der Waals surface area contributed by atoms with Crippen molar-refractivity contribution in [3.05, 3.63) is 23.8 Å². The third-order valence-electron chi connectivity index (χ3n) is 3.05. The monoisotopic (exact) mass is 304 g/mol. The molecule has 1 amide bonds. The summed E-state index contributed by atoms with van der Waals surface area (Å²) < 4.78 is 47.8. The van der Waals surface area contributed by atoms with E-state index >= 15 is 0 Å². The molecule has 1 heterocycles. The molecule has 0 aromatic heterocycles. The molecule has 2 N–H and O–H groups in total. The van der Waals surface area contributed by atoms with Crippen LogP contribution in [0.25, 0.3) is 0 Å². The van der Waals surface area contributed by atoms with Crippen LogP contribution >= 0.6 is 0 Å². The Bertz CT molecular complexity index is 514. The normalized spacial score (nSPS) is 15.9. The average Bonchev–Trinajstić information content (AvgIpc) is 2.45. The van der Waals surface area contributed by atoms with Crippen molar-refractivity contribution < 1.29 is 27.4 Å². The molecular formula is C13H15F3N2O3. The van der Waals surface area contributed by atoms with Crippen LogP contribution in [0.2, 0.25) is 0 Å². The fourth-order valence-corrected chi connectivity index (χ4v) is 1.90. The lowest BCUT2D eigenvalue weighted by molar-refractivity contribution is -0.138. The summed E-state index contributed by atoms with van der Waals surface area (Å²) in [6.45, 7) is 1.62. The lowest BCUT2D eigenvalue weighted by Gasteiger charge is -2.26. The van der Waals surface area contributed by atoms with Gasteiger partial charge in [-0.25, -0.2) is 0 Å². The van der Waals surface area contributed by atoms with Crippen molar-refractivity contribution in [3.63, 3.8) is 0 Å². The van der Waals surface area contributed by atoms with Gasteiger partial charge in [-0.15, -0.1) is 0 Å². The van der Waals surface area contributed by atoms with E-state index in [9.17, 15) is 18.0 Å². The second-order valence-corrected chi connectivity index (χ2v) is 4.53. The minimum Gasteiger partial charge on any atom is -0.482 e. The zero-order valence-corrected chi connectivity index (χ0v) is 11.2. The highest BCUT2D eigenvalue weighted by atomic mass is 19.4. The number of anilines is 1. The fraction of sp³-hybridized carbons (Fsp3) is 0.462. The molecule has 1 aliphatic heterocycles. The fourth-order valence-electron chi connectivity index (χ4n) is 1.90. The summed E-state index contributed by atoms with van der Waals surface area (Å²) >= 11 is 0. The summed E-state index contributed by atoms with van der Waals surface area (Å²) in [6.07, 6.45) is -4.46. The maximum atomic E-state index is 12.5. The summed E-state index contributed by atoms with van der Waals surface area (Å²) in [5, 5.41) is 0. The third-order valence-corrected chi connectivity index (χ3v) is 3.05. The van der Waals surface area contributed by atoms with Gasteiger partial charge in [-0.2, -0.15) is 13.2 Å². The minimum atomic E-state index is -4.46. The van der Waals surface area contributed by atoms with Crippen LogP contribution in [-0.4, -0.2) is 43.7 Å². The summed E-state index contributed by atoms with van der Waals surface area (Å²) in [7, 11) is 0. The summed E-state index contributed by atoms with van der Waals surface area (Å²) in [5.41, 5.74) is 4.50. The first-order valence-corrected chi connectivity index (χ1v) is 6.33. The Morgan fingerprint density at radius 1 is 1.33 bits per heavy atom. The van der Waals surface area contributed by atoms with E-state index in [1.54, 1.807) is 4.90 Å². The molecule has 0 aliphatic carbocycles. The molecule has 1 fully saturated rings. The summed E-state index contributed by atoms with van der Waals surface area (Å²) in [6, 6.07) is 2.77. The Kier molecular flexibility index (Phi) is 4.56. The summed E-state index contributed by atoms with van der Waals surface area (Å²) in [5.74, 6) is -0.192. The molecule has 0 saturated carbocycles. The second-order valence-electron chi connectivity index (χ2n) is 4.53. The number of carbonyl (C=O) groups is 1. The maximum Gasteiger partial charge on any atom is 0.416 e. The topological polar surface area (TPSA) is 64.8 Å². The zero-order chi connectivity index (χ0) is 15.5. The maximum absolute atomic E-state index is 12.5. The van der Waals surface area contributed by atoms with Crippen LogP contribution in [0.15, 0.2) is 18.2 Å². The van der Waals surface area contributed by atoms with Crippen molar-refractivity contribution in [3.8, 4) is 5.75 Å². The number of ether oxygens (including phenoxy) is 2. The van der Waals surface area contributed by atoms with E-state index in [-0.39, 0.29) is 24.0 Å². The van der Waals surface area contributed by atoms with E-state index in [4.69, 9.17) is 15.2 Å². The van der Waals surface area contributed by atoms with E-state index in [1.807, 2.05) is 0 Å². The molecule has 1 aliphatic rings. The number of hydrogen-bond donors (Lipinski definition) is 1. The van der Waals surface area contributed by atoms with E-state index in [1.165, 1.54) is 0 Å². The Morgan fingerprint density at radius 2 is 2.00 bits per heavy atom. The van der Waals surface area contributed by atoms with Gasteiger partial charge in [-0.05, 0) is 18.2 Å². The predicted octanol–water partition coefficient (Wildman–Crippen LogP) is 1.53. The van der Waals surface area contributed by atoms with E-state index in [0.29, 0.717) is 26.3 Å². The molecule has 0 radical (unpaired) electrons. The van der Waals surface area contributed by atoms with Crippen LogP contribution in [0.1, 0.15) is 5.56 Å². The van der Waals surface area contributed by atoms with Crippen molar-refractivity contribution in [2.75, 3.05) is 38.6 Å². The van der Waals surface area contributed by atoms with Crippen LogP contribution in [0.5, 0.6) is 5.75 Å². The first-order valence-electron chi connectivity index (χ1n) is 6.33. The average molecular weight is 304 g/mol. The standard InChI is InChI=1S/C13H15F3N2O3/c14-13(15,16)9-1-2-11(10(17)7-9)21-8-12(19)18-3-5-20-6-4-18/h1-2,7H,3-6,8,17H2.